The van der Waals surface area contributed by atoms with Gasteiger partial charge in [-0.15, -0.1) is 0 Å². The number of sulfonamides is 1. The van der Waals surface area contributed by atoms with Crippen molar-refractivity contribution in [1.29, 1.82) is 0 Å². The first-order valence-electron chi connectivity index (χ1n) is 7.05. The van der Waals surface area contributed by atoms with E-state index in [2.05, 4.69) is 28.5 Å². The second-order valence-electron chi connectivity index (χ2n) is 5.55. The van der Waals surface area contributed by atoms with Crippen LogP contribution < -0.4 is 15.8 Å². The Bertz CT molecular complexity index is 881. The van der Waals surface area contributed by atoms with Crippen LogP contribution >= 0.6 is 0 Å². The van der Waals surface area contributed by atoms with Gasteiger partial charge in [-0.25, -0.2) is 13.1 Å². The SMILES string of the molecule is CC(C)CCCNS(=O)(=O)c1ccc2[nH]c(=O)c(=O)[nH]c2c1. The first-order chi connectivity index (χ1) is 10.3. The highest BCUT2D eigenvalue weighted by molar-refractivity contribution is 7.89. The van der Waals surface area contributed by atoms with E-state index < -0.39 is 21.1 Å². The minimum absolute atomic E-state index is 0.0484. The zero-order valence-electron chi connectivity index (χ0n) is 12.5. The van der Waals surface area contributed by atoms with Crippen molar-refractivity contribution in [3.63, 3.8) is 0 Å². The molecule has 0 spiro atoms. The summed E-state index contributed by atoms with van der Waals surface area (Å²) in [6.07, 6.45) is 1.70. The van der Waals surface area contributed by atoms with Gasteiger partial charge < -0.3 is 9.97 Å². The van der Waals surface area contributed by atoms with E-state index in [0.717, 1.165) is 12.8 Å². The summed E-state index contributed by atoms with van der Waals surface area (Å²) in [5.74, 6) is 0.520. The van der Waals surface area contributed by atoms with E-state index >= 15 is 0 Å². The Kier molecular flexibility index (Phi) is 4.82. The molecule has 0 bridgehead atoms. The molecule has 0 saturated heterocycles. The molecule has 1 aromatic heterocycles. The predicted molar refractivity (Wildman–Crippen MR) is 84.4 cm³/mol. The average Bonchev–Trinajstić information content (AvgIpc) is 2.44. The fraction of sp³-hybridized carbons (Fsp3) is 0.429. The third-order valence-electron chi connectivity index (χ3n) is 3.25. The maximum Gasteiger partial charge on any atom is 0.314 e. The highest BCUT2D eigenvalue weighted by Gasteiger charge is 2.14. The monoisotopic (exact) mass is 325 g/mol. The summed E-state index contributed by atoms with van der Waals surface area (Å²) in [5, 5.41) is 0. The standard InChI is InChI=1S/C14H19N3O4S/c1-9(2)4-3-7-15-22(20,21)10-5-6-11-12(8-10)17-14(19)13(18)16-11/h5-6,8-9,15H,3-4,7H2,1-2H3,(H,16,18)(H,17,19). The van der Waals surface area contributed by atoms with Crippen molar-refractivity contribution in [1.82, 2.24) is 14.7 Å². The molecule has 0 unspecified atom stereocenters. The van der Waals surface area contributed by atoms with Crippen LogP contribution in [0.15, 0.2) is 32.7 Å². The third kappa shape index (κ3) is 3.83. The lowest BCUT2D eigenvalue weighted by atomic mass is 10.1. The minimum Gasteiger partial charge on any atom is -0.316 e. The van der Waals surface area contributed by atoms with E-state index in [0.29, 0.717) is 18.0 Å². The Balaban J connectivity index is 2.24. The lowest BCUT2D eigenvalue weighted by molar-refractivity contribution is 0.540. The lowest BCUT2D eigenvalue weighted by Crippen LogP contribution is -2.29. The van der Waals surface area contributed by atoms with Gasteiger partial charge >= 0.3 is 11.1 Å². The van der Waals surface area contributed by atoms with Crippen LogP contribution in [-0.4, -0.2) is 24.9 Å². The Morgan fingerprint density at radius 3 is 2.36 bits per heavy atom. The largest absolute Gasteiger partial charge is 0.316 e. The summed E-state index contributed by atoms with van der Waals surface area (Å²) in [7, 11) is -3.64. The number of rotatable bonds is 6. The number of aromatic nitrogens is 2. The lowest BCUT2D eigenvalue weighted by Gasteiger charge is -2.08. The van der Waals surface area contributed by atoms with Gasteiger partial charge in [0.05, 0.1) is 15.9 Å². The second kappa shape index (κ2) is 6.45. The molecular formula is C14H19N3O4S. The van der Waals surface area contributed by atoms with Gasteiger partial charge in [-0.2, -0.15) is 0 Å². The van der Waals surface area contributed by atoms with Gasteiger partial charge in [0.15, 0.2) is 0 Å². The summed E-state index contributed by atoms with van der Waals surface area (Å²) in [6, 6.07) is 4.17. The average molecular weight is 325 g/mol. The molecule has 1 heterocycles. The Labute approximate surface area is 127 Å². The number of fused-ring (bicyclic) bond motifs is 1. The molecule has 7 nitrogen and oxygen atoms in total. The number of hydrogen-bond acceptors (Lipinski definition) is 4. The molecule has 0 fully saturated rings. The molecule has 22 heavy (non-hydrogen) atoms. The maximum atomic E-state index is 12.2. The van der Waals surface area contributed by atoms with Gasteiger partial charge in [-0.05, 0) is 37.0 Å². The summed E-state index contributed by atoms with van der Waals surface area (Å²) in [6.45, 7) is 4.52. The van der Waals surface area contributed by atoms with Crippen LogP contribution in [0.4, 0.5) is 0 Å². The molecule has 8 heteroatoms. The zero-order chi connectivity index (χ0) is 16.3. The highest BCUT2D eigenvalue weighted by Crippen LogP contribution is 2.14. The fourth-order valence-corrected chi connectivity index (χ4v) is 3.16. The van der Waals surface area contributed by atoms with Crippen LogP contribution in [0.2, 0.25) is 0 Å². The van der Waals surface area contributed by atoms with Crippen molar-refractivity contribution in [3.8, 4) is 0 Å². The van der Waals surface area contributed by atoms with Gasteiger partial charge in [0, 0.05) is 6.54 Å². The van der Waals surface area contributed by atoms with Crippen molar-refractivity contribution in [2.24, 2.45) is 5.92 Å². The number of nitrogens with one attached hydrogen (secondary N) is 3. The van der Waals surface area contributed by atoms with Crippen LogP contribution in [-0.2, 0) is 10.0 Å². The van der Waals surface area contributed by atoms with E-state index in [-0.39, 0.29) is 10.4 Å². The van der Waals surface area contributed by atoms with E-state index in [1.165, 1.54) is 18.2 Å². The van der Waals surface area contributed by atoms with Gasteiger partial charge in [0.25, 0.3) is 0 Å². The van der Waals surface area contributed by atoms with Gasteiger partial charge in [0.1, 0.15) is 0 Å². The van der Waals surface area contributed by atoms with Crippen LogP contribution in [0.5, 0.6) is 0 Å². The Morgan fingerprint density at radius 1 is 1.09 bits per heavy atom. The first-order valence-corrected chi connectivity index (χ1v) is 8.54. The molecule has 0 aliphatic rings. The quantitative estimate of drug-likeness (QED) is 0.542. The molecule has 0 radical (unpaired) electrons. The smallest absolute Gasteiger partial charge is 0.314 e. The molecule has 0 aliphatic heterocycles. The van der Waals surface area contributed by atoms with Crippen molar-refractivity contribution in [3.05, 3.63) is 38.9 Å². The second-order valence-corrected chi connectivity index (χ2v) is 7.32. The number of hydrogen-bond donors (Lipinski definition) is 3. The van der Waals surface area contributed by atoms with Crippen molar-refractivity contribution in [2.45, 2.75) is 31.6 Å². The van der Waals surface area contributed by atoms with E-state index in [4.69, 9.17) is 0 Å². The molecule has 1 aromatic carbocycles. The normalized spacial score (nSPS) is 12.1. The molecule has 2 aromatic rings. The van der Waals surface area contributed by atoms with Crippen molar-refractivity contribution >= 4 is 21.1 Å². The van der Waals surface area contributed by atoms with Gasteiger partial charge in [-0.1, -0.05) is 13.8 Å². The summed E-state index contributed by atoms with van der Waals surface area (Å²) >= 11 is 0. The van der Waals surface area contributed by atoms with Crippen molar-refractivity contribution < 1.29 is 8.42 Å². The molecule has 0 atom stereocenters. The number of aromatic amines is 2. The third-order valence-corrected chi connectivity index (χ3v) is 4.71. The molecule has 120 valence electrons. The molecule has 2 rings (SSSR count). The highest BCUT2D eigenvalue weighted by atomic mass is 32.2. The molecule has 3 N–H and O–H groups in total. The molecule has 0 aliphatic carbocycles. The van der Waals surface area contributed by atoms with Crippen LogP contribution in [0.1, 0.15) is 26.7 Å². The van der Waals surface area contributed by atoms with Crippen LogP contribution in [0.25, 0.3) is 11.0 Å². The minimum atomic E-state index is -3.64. The van der Waals surface area contributed by atoms with Gasteiger partial charge in [-0.3, -0.25) is 9.59 Å². The number of H-pyrrole nitrogens is 2. The topological polar surface area (TPSA) is 112 Å². The molecule has 0 amide bonds. The van der Waals surface area contributed by atoms with Gasteiger partial charge in [0.2, 0.25) is 10.0 Å². The molecule has 0 saturated carbocycles. The van der Waals surface area contributed by atoms with E-state index in [1.54, 1.807) is 0 Å². The zero-order valence-corrected chi connectivity index (χ0v) is 13.3. The van der Waals surface area contributed by atoms with Crippen molar-refractivity contribution in [2.75, 3.05) is 6.54 Å². The number of benzene rings is 1. The fourth-order valence-electron chi connectivity index (χ4n) is 2.06. The predicted octanol–water partition coefficient (Wildman–Crippen LogP) is 0.931. The summed E-state index contributed by atoms with van der Waals surface area (Å²) < 4.78 is 26.9. The summed E-state index contributed by atoms with van der Waals surface area (Å²) in [4.78, 5) is 27.3. The maximum absolute atomic E-state index is 12.2. The van der Waals surface area contributed by atoms with Crippen LogP contribution in [0.3, 0.4) is 0 Å². The van der Waals surface area contributed by atoms with E-state index in [9.17, 15) is 18.0 Å². The van der Waals surface area contributed by atoms with E-state index in [1.807, 2.05) is 0 Å². The molecular weight excluding hydrogens is 306 g/mol. The Morgan fingerprint density at radius 2 is 1.73 bits per heavy atom. The summed E-state index contributed by atoms with van der Waals surface area (Å²) in [5.41, 5.74) is -0.931. The van der Waals surface area contributed by atoms with Crippen LogP contribution in [0, 0.1) is 5.92 Å². The first kappa shape index (κ1) is 16.4. The Hall–Kier alpha value is -1.93.